The Kier molecular flexibility index (Phi) is 3.97. The number of hydrogen-bond donors (Lipinski definition) is 1. The summed E-state index contributed by atoms with van der Waals surface area (Å²) in [5.41, 5.74) is 1.02. The monoisotopic (exact) mass is 281 g/mol. The molecule has 0 radical (unpaired) electrons. The maximum Gasteiger partial charge on any atom is 0.0681 e. The molecular weight excluding hydrogens is 258 g/mol. The molecule has 1 fully saturated rings. The minimum atomic E-state index is -0.139. The Morgan fingerprint density at radius 3 is 2.47 bits per heavy atom. The van der Waals surface area contributed by atoms with Crippen LogP contribution in [-0.2, 0) is 4.74 Å². The predicted octanol–water partition coefficient (Wildman–Crippen LogP) is 4.19. The first kappa shape index (κ1) is 14.8. The third-order valence-electron chi connectivity index (χ3n) is 4.06. The lowest BCUT2D eigenvalue weighted by atomic mass is 9.79. The van der Waals surface area contributed by atoms with Gasteiger partial charge >= 0.3 is 0 Å². The Morgan fingerprint density at radius 1 is 1.32 bits per heavy atom. The summed E-state index contributed by atoms with van der Waals surface area (Å²) in [6.07, 6.45) is 1.04. The first-order chi connectivity index (χ1) is 8.75. The van der Waals surface area contributed by atoms with Crippen LogP contribution in [0.15, 0.2) is 24.3 Å². The lowest BCUT2D eigenvalue weighted by molar-refractivity contribution is -0.0776. The summed E-state index contributed by atoms with van der Waals surface area (Å²) in [4.78, 5) is 0. The van der Waals surface area contributed by atoms with Crippen LogP contribution in [0.2, 0.25) is 5.02 Å². The molecule has 0 bridgehead atoms. The molecule has 3 heteroatoms. The zero-order valence-electron chi connectivity index (χ0n) is 12.5. The zero-order valence-corrected chi connectivity index (χ0v) is 13.2. The molecule has 0 saturated carbocycles. The van der Waals surface area contributed by atoms with Crippen LogP contribution in [0.5, 0.6) is 0 Å². The molecular formula is C16H24ClNO. The van der Waals surface area contributed by atoms with Crippen LogP contribution in [0.25, 0.3) is 0 Å². The smallest absolute Gasteiger partial charge is 0.0681 e. The van der Waals surface area contributed by atoms with Crippen LogP contribution in [0.1, 0.15) is 45.7 Å². The van der Waals surface area contributed by atoms with Gasteiger partial charge in [0.2, 0.25) is 0 Å². The van der Waals surface area contributed by atoms with Crippen molar-refractivity contribution in [3.63, 3.8) is 0 Å². The Morgan fingerprint density at radius 2 is 2.00 bits per heavy atom. The molecule has 19 heavy (non-hydrogen) atoms. The Bertz CT molecular complexity index is 456. The minimum Gasteiger partial charge on any atom is -0.369 e. The second kappa shape index (κ2) is 5.08. The van der Waals surface area contributed by atoms with Crippen molar-refractivity contribution in [1.29, 1.82) is 0 Å². The second-order valence-corrected chi connectivity index (χ2v) is 7.03. The van der Waals surface area contributed by atoms with Crippen molar-refractivity contribution >= 4 is 11.6 Å². The van der Waals surface area contributed by atoms with E-state index in [1.165, 1.54) is 5.56 Å². The summed E-state index contributed by atoms with van der Waals surface area (Å²) < 4.78 is 6.21. The molecule has 106 valence electrons. The lowest BCUT2D eigenvalue weighted by Crippen LogP contribution is -2.37. The number of nitrogens with one attached hydrogen (secondary N) is 1. The molecule has 1 aliphatic rings. The van der Waals surface area contributed by atoms with Gasteiger partial charge in [-0.25, -0.2) is 0 Å². The average molecular weight is 282 g/mol. The van der Waals surface area contributed by atoms with Gasteiger partial charge < -0.3 is 10.1 Å². The molecule has 1 heterocycles. The van der Waals surface area contributed by atoms with Crippen molar-refractivity contribution in [2.75, 3.05) is 7.05 Å². The molecule has 1 aromatic carbocycles. The second-order valence-electron chi connectivity index (χ2n) is 6.60. The van der Waals surface area contributed by atoms with Crippen LogP contribution in [0.4, 0.5) is 0 Å². The summed E-state index contributed by atoms with van der Waals surface area (Å²) in [7, 11) is 2.01. The highest BCUT2D eigenvalue weighted by atomic mass is 35.5. The van der Waals surface area contributed by atoms with Gasteiger partial charge in [0.1, 0.15) is 0 Å². The highest BCUT2D eigenvalue weighted by Crippen LogP contribution is 2.47. The van der Waals surface area contributed by atoms with Gasteiger partial charge in [-0.3, -0.25) is 0 Å². The number of halogens is 1. The van der Waals surface area contributed by atoms with Crippen LogP contribution in [-0.4, -0.2) is 18.2 Å². The number of rotatable bonds is 3. The number of hydrogen-bond acceptors (Lipinski definition) is 2. The molecule has 2 unspecified atom stereocenters. The van der Waals surface area contributed by atoms with Crippen LogP contribution >= 0.6 is 11.6 Å². The summed E-state index contributed by atoms with van der Waals surface area (Å²) in [6, 6.07) is 8.36. The number of benzene rings is 1. The van der Waals surface area contributed by atoms with Gasteiger partial charge in [-0.05, 0) is 58.9 Å². The molecule has 1 aromatic rings. The van der Waals surface area contributed by atoms with E-state index in [2.05, 4.69) is 39.1 Å². The standard InChI is InChI=1S/C16H24ClNO/c1-15(2)10-13(16(3,4)19-15)14(18-5)11-7-6-8-12(17)9-11/h6-9,13-14,18H,10H2,1-5H3. The van der Waals surface area contributed by atoms with E-state index in [0.717, 1.165) is 11.4 Å². The average Bonchev–Trinajstić information content (AvgIpc) is 2.48. The fourth-order valence-electron chi connectivity index (χ4n) is 3.42. The summed E-state index contributed by atoms with van der Waals surface area (Å²) >= 11 is 6.12. The third kappa shape index (κ3) is 3.13. The van der Waals surface area contributed by atoms with Crippen molar-refractivity contribution in [1.82, 2.24) is 5.32 Å². The topological polar surface area (TPSA) is 21.3 Å². The van der Waals surface area contributed by atoms with E-state index in [1.54, 1.807) is 0 Å². The molecule has 2 rings (SSSR count). The van der Waals surface area contributed by atoms with E-state index >= 15 is 0 Å². The molecule has 2 nitrogen and oxygen atoms in total. The van der Waals surface area contributed by atoms with Crippen LogP contribution in [0.3, 0.4) is 0 Å². The SMILES string of the molecule is CNC(c1cccc(Cl)c1)C1CC(C)(C)OC1(C)C. The summed E-state index contributed by atoms with van der Waals surface area (Å²) in [5.74, 6) is 0.422. The maximum absolute atomic E-state index is 6.21. The van der Waals surface area contributed by atoms with Crippen molar-refractivity contribution in [2.24, 2.45) is 5.92 Å². The highest BCUT2D eigenvalue weighted by molar-refractivity contribution is 6.30. The quantitative estimate of drug-likeness (QED) is 0.897. The highest BCUT2D eigenvalue weighted by Gasteiger charge is 2.49. The minimum absolute atomic E-state index is 0.0676. The molecule has 0 spiro atoms. The lowest BCUT2D eigenvalue weighted by Gasteiger charge is -2.33. The van der Waals surface area contributed by atoms with Gasteiger partial charge in [0.15, 0.2) is 0 Å². The molecule has 1 N–H and O–H groups in total. The molecule has 1 saturated heterocycles. The van der Waals surface area contributed by atoms with Crippen molar-refractivity contribution in [3.8, 4) is 0 Å². The summed E-state index contributed by atoms with van der Waals surface area (Å²) in [6.45, 7) is 8.70. The molecule has 0 aromatic heterocycles. The van der Waals surface area contributed by atoms with Crippen molar-refractivity contribution < 1.29 is 4.74 Å². The molecule has 2 atom stereocenters. The Balaban J connectivity index is 2.32. The maximum atomic E-state index is 6.21. The molecule has 1 aliphatic heterocycles. The van der Waals surface area contributed by atoms with Crippen LogP contribution in [0, 0.1) is 5.92 Å². The molecule has 0 aliphatic carbocycles. The largest absolute Gasteiger partial charge is 0.369 e. The fourth-order valence-corrected chi connectivity index (χ4v) is 3.62. The van der Waals surface area contributed by atoms with Gasteiger partial charge in [-0.15, -0.1) is 0 Å². The Hall–Kier alpha value is -0.570. The first-order valence-corrected chi connectivity index (χ1v) is 7.26. The predicted molar refractivity (Wildman–Crippen MR) is 80.6 cm³/mol. The van der Waals surface area contributed by atoms with Gasteiger partial charge in [-0.1, -0.05) is 23.7 Å². The van der Waals surface area contributed by atoms with E-state index in [1.807, 2.05) is 25.2 Å². The van der Waals surface area contributed by atoms with Gasteiger partial charge in [-0.2, -0.15) is 0 Å². The van der Waals surface area contributed by atoms with E-state index < -0.39 is 0 Å². The summed E-state index contributed by atoms with van der Waals surface area (Å²) in [5, 5.41) is 4.23. The van der Waals surface area contributed by atoms with E-state index in [-0.39, 0.29) is 17.2 Å². The van der Waals surface area contributed by atoms with E-state index in [9.17, 15) is 0 Å². The first-order valence-electron chi connectivity index (χ1n) is 6.88. The number of ether oxygens (including phenoxy) is 1. The van der Waals surface area contributed by atoms with E-state index in [4.69, 9.17) is 16.3 Å². The Labute approximate surface area is 121 Å². The van der Waals surface area contributed by atoms with Gasteiger partial charge in [0.25, 0.3) is 0 Å². The molecule has 0 amide bonds. The fraction of sp³-hybridized carbons (Fsp3) is 0.625. The van der Waals surface area contributed by atoms with Gasteiger partial charge in [0.05, 0.1) is 11.2 Å². The van der Waals surface area contributed by atoms with Gasteiger partial charge in [0, 0.05) is 17.0 Å². The normalized spacial score (nSPS) is 26.3. The third-order valence-corrected chi connectivity index (χ3v) is 4.30. The van der Waals surface area contributed by atoms with Crippen molar-refractivity contribution in [2.45, 2.75) is 51.4 Å². The zero-order chi connectivity index (χ0) is 14.3. The van der Waals surface area contributed by atoms with E-state index in [0.29, 0.717) is 5.92 Å². The van der Waals surface area contributed by atoms with Crippen molar-refractivity contribution in [3.05, 3.63) is 34.9 Å². The van der Waals surface area contributed by atoms with Crippen LogP contribution < -0.4 is 5.32 Å².